The first-order valence-electron chi connectivity index (χ1n) is 4.60. The maximum Gasteiger partial charge on any atom is 0.258 e. The Kier molecular flexibility index (Phi) is 3.76. The van der Waals surface area contributed by atoms with E-state index in [2.05, 4.69) is 9.71 Å². The van der Waals surface area contributed by atoms with Crippen LogP contribution in [0.1, 0.15) is 20.3 Å². The number of nitrogens with zero attached hydrogens (tertiary/aromatic N) is 1. The highest BCUT2D eigenvalue weighted by molar-refractivity contribution is 7.89. The summed E-state index contributed by atoms with van der Waals surface area (Å²) in [5, 5.41) is -0.289. The molecule has 6 heteroatoms. The molecule has 0 amide bonds. The predicted octanol–water partition coefficient (Wildman–Crippen LogP) is 1.30. The molecule has 0 radical (unpaired) electrons. The Labute approximate surface area is 88.6 Å². The van der Waals surface area contributed by atoms with Crippen LogP contribution in [0.25, 0.3) is 0 Å². The van der Waals surface area contributed by atoms with Crippen molar-refractivity contribution in [1.29, 1.82) is 0 Å². The van der Waals surface area contributed by atoms with Gasteiger partial charge in [-0.2, -0.15) is 4.39 Å². The van der Waals surface area contributed by atoms with Gasteiger partial charge in [-0.1, -0.05) is 13.0 Å². The Hall–Kier alpha value is -1.01. The third-order valence-electron chi connectivity index (χ3n) is 1.93. The molecule has 0 aliphatic heterocycles. The van der Waals surface area contributed by atoms with Gasteiger partial charge in [0.25, 0.3) is 10.0 Å². The molecule has 1 N–H and O–H groups in total. The topological polar surface area (TPSA) is 59.1 Å². The molecule has 0 fully saturated rings. The van der Waals surface area contributed by atoms with E-state index in [1.165, 1.54) is 12.1 Å². The number of halogens is 1. The highest BCUT2D eigenvalue weighted by Gasteiger charge is 2.18. The molecule has 0 saturated heterocycles. The standard InChI is InChI=1S/C9H13FN2O2S/c1-3-7(2)12-15(13,14)9-6-4-5-8(10)11-9/h4-7,12H,3H2,1-2H3. The number of hydrogen-bond donors (Lipinski definition) is 1. The summed E-state index contributed by atoms with van der Waals surface area (Å²) in [7, 11) is -3.70. The second kappa shape index (κ2) is 4.67. The smallest absolute Gasteiger partial charge is 0.207 e. The zero-order chi connectivity index (χ0) is 11.5. The lowest BCUT2D eigenvalue weighted by molar-refractivity contribution is 0.537. The fourth-order valence-electron chi connectivity index (χ4n) is 0.948. The van der Waals surface area contributed by atoms with Crippen LogP contribution < -0.4 is 4.72 Å². The van der Waals surface area contributed by atoms with E-state index in [0.717, 1.165) is 6.07 Å². The first-order valence-corrected chi connectivity index (χ1v) is 6.09. The van der Waals surface area contributed by atoms with Crippen LogP contribution in [0.2, 0.25) is 0 Å². The number of aromatic nitrogens is 1. The van der Waals surface area contributed by atoms with Crippen molar-refractivity contribution in [3.63, 3.8) is 0 Å². The van der Waals surface area contributed by atoms with Crippen LogP contribution in [0.4, 0.5) is 4.39 Å². The largest absolute Gasteiger partial charge is 0.258 e. The molecule has 1 unspecified atom stereocenters. The molecule has 84 valence electrons. The molecule has 1 aromatic heterocycles. The van der Waals surface area contributed by atoms with Crippen molar-refractivity contribution < 1.29 is 12.8 Å². The highest BCUT2D eigenvalue weighted by Crippen LogP contribution is 2.07. The lowest BCUT2D eigenvalue weighted by atomic mass is 10.3. The van der Waals surface area contributed by atoms with Gasteiger partial charge in [-0.25, -0.2) is 18.1 Å². The van der Waals surface area contributed by atoms with Gasteiger partial charge in [0.05, 0.1) is 0 Å². The van der Waals surface area contributed by atoms with E-state index in [1.54, 1.807) is 6.92 Å². The minimum absolute atomic E-state index is 0.194. The van der Waals surface area contributed by atoms with Crippen molar-refractivity contribution >= 4 is 10.0 Å². The van der Waals surface area contributed by atoms with E-state index < -0.39 is 16.0 Å². The van der Waals surface area contributed by atoms with Crippen LogP contribution in [0.5, 0.6) is 0 Å². The fraction of sp³-hybridized carbons (Fsp3) is 0.444. The Morgan fingerprint density at radius 2 is 2.20 bits per heavy atom. The van der Waals surface area contributed by atoms with Crippen molar-refractivity contribution in [2.45, 2.75) is 31.3 Å². The van der Waals surface area contributed by atoms with Crippen molar-refractivity contribution in [2.24, 2.45) is 0 Å². The van der Waals surface area contributed by atoms with Crippen molar-refractivity contribution in [3.05, 3.63) is 24.1 Å². The summed E-state index contributed by atoms with van der Waals surface area (Å²) in [5.74, 6) is -0.804. The third-order valence-corrected chi connectivity index (χ3v) is 3.42. The van der Waals surface area contributed by atoms with E-state index in [4.69, 9.17) is 0 Å². The van der Waals surface area contributed by atoms with Crippen molar-refractivity contribution in [3.8, 4) is 0 Å². The molecule has 0 saturated carbocycles. The number of pyridine rings is 1. The van der Waals surface area contributed by atoms with Gasteiger partial charge in [0, 0.05) is 6.04 Å². The molecule has 0 aliphatic rings. The van der Waals surface area contributed by atoms with Crippen LogP contribution in [0, 0.1) is 5.95 Å². The minimum Gasteiger partial charge on any atom is -0.207 e. The molecule has 0 bridgehead atoms. The molecule has 4 nitrogen and oxygen atoms in total. The Morgan fingerprint density at radius 1 is 1.53 bits per heavy atom. The minimum atomic E-state index is -3.70. The zero-order valence-electron chi connectivity index (χ0n) is 8.57. The quantitative estimate of drug-likeness (QED) is 0.796. The summed E-state index contributed by atoms with van der Waals surface area (Å²) in [6.07, 6.45) is 0.661. The number of sulfonamides is 1. The summed E-state index contributed by atoms with van der Waals surface area (Å²) in [5.41, 5.74) is 0. The first kappa shape index (κ1) is 12.1. The first-order chi connectivity index (χ1) is 6.95. The number of nitrogens with one attached hydrogen (secondary N) is 1. The van der Waals surface area contributed by atoms with E-state index in [-0.39, 0.29) is 11.1 Å². The highest BCUT2D eigenvalue weighted by atomic mass is 32.2. The molecule has 0 aliphatic carbocycles. The zero-order valence-corrected chi connectivity index (χ0v) is 9.38. The van der Waals surface area contributed by atoms with Gasteiger partial charge in [0.1, 0.15) is 0 Å². The Balaban J connectivity index is 2.96. The number of hydrogen-bond acceptors (Lipinski definition) is 3. The molecular formula is C9H13FN2O2S. The maximum absolute atomic E-state index is 12.7. The van der Waals surface area contributed by atoms with Gasteiger partial charge in [-0.05, 0) is 25.5 Å². The average molecular weight is 232 g/mol. The monoisotopic (exact) mass is 232 g/mol. The molecule has 0 aromatic carbocycles. The number of rotatable bonds is 4. The van der Waals surface area contributed by atoms with Gasteiger partial charge in [0.2, 0.25) is 5.95 Å². The second-order valence-electron chi connectivity index (χ2n) is 3.23. The van der Waals surface area contributed by atoms with Gasteiger partial charge in [-0.3, -0.25) is 0 Å². The summed E-state index contributed by atoms with van der Waals surface area (Å²) in [4.78, 5) is 3.32. The Morgan fingerprint density at radius 3 is 2.73 bits per heavy atom. The molecule has 0 spiro atoms. The van der Waals surface area contributed by atoms with Gasteiger partial charge in [0.15, 0.2) is 5.03 Å². The third kappa shape index (κ3) is 3.24. The maximum atomic E-state index is 12.7. The summed E-state index contributed by atoms with van der Waals surface area (Å²) in [6.45, 7) is 3.59. The molecular weight excluding hydrogens is 219 g/mol. The predicted molar refractivity (Wildman–Crippen MR) is 54.3 cm³/mol. The molecule has 1 aromatic rings. The molecule has 1 heterocycles. The van der Waals surface area contributed by atoms with Crippen LogP contribution in [-0.4, -0.2) is 19.4 Å². The lowest BCUT2D eigenvalue weighted by Gasteiger charge is -2.10. The van der Waals surface area contributed by atoms with Crippen LogP contribution in [0.3, 0.4) is 0 Å². The van der Waals surface area contributed by atoms with Gasteiger partial charge in [-0.15, -0.1) is 0 Å². The SMILES string of the molecule is CCC(C)NS(=O)(=O)c1cccc(F)n1. The normalized spacial score (nSPS) is 13.8. The van der Waals surface area contributed by atoms with E-state index in [1.807, 2.05) is 6.92 Å². The van der Waals surface area contributed by atoms with Gasteiger partial charge >= 0.3 is 0 Å². The van der Waals surface area contributed by atoms with Crippen LogP contribution >= 0.6 is 0 Å². The van der Waals surface area contributed by atoms with E-state index in [0.29, 0.717) is 6.42 Å². The fourth-order valence-corrected chi connectivity index (χ4v) is 2.23. The van der Waals surface area contributed by atoms with Gasteiger partial charge < -0.3 is 0 Å². The van der Waals surface area contributed by atoms with Crippen LogP contribution in [-0.2, 0) is 10.0 Å². The molecule has 15 heavy (non-hydrogen) atoms. The summed E-state index contributed by atoms with van der Waals surface area (Å²) in [6, 6.07) is 3.48. The van der Waals surface area contributed by atoms with E-state index >= 15 is 0 Å². The summed E-state index contributed by atoms with van der Waals surface area (Å²) >= 11 is 0. The molecule has 1 atom stereocenters. The average Bonchev–Trinajstić information content (AvgIpc) is 2.17. The Bertz CT molecular complexity index is 433. The van der Waals surface area contributed by atoms with Crippen LogP contribution in [0.15, 0.2) is 23.2 Å². The lowest BCUT2D eigenvalue weighted by Crippen LogP contribution is -2.32. The van der Waals surface area contributed by atoms with Crippen molar-refractivity contribution in [1.82, 2.24) is 9.71 Å². The van der Waals surface area contributed by atoms with Crippen molar-refractivity contribution in [2.75, 3.05) is 0 Å². The molecule has 1 rings (SSSR count). The van der Waals surface area contributed by atoms with E-state index in [9.17, 15) is 12.8 Å². The summed E-state index contributed by atoms with van der Waals surface area (Å²) < 4.78 is 38.3. The second-order valence-corrected chi connectivity index (χ2v) is 4.89.